The van der Waals surface area contributed by atoms with E-state index in [2.05, 4.69) is 13.0 Å². The molecule has 0 saturated carbocycles. The second-order valence-corrected chi connectivity index (χ2v) is 6.32. The van der Waals surface area contributed by atoms with Crippen molar-refractivity contribution in [3.63, 3.8) is 0 Å². The maximum atomic E-state index is 10.9. The summed E-state index contributed by atoms with van der Waals surface area (Å²) < 4.78 is 0. The molecule has 1 rings (SSSR count). The lowest BCUT2D eigenvalue weighted by Crippen LogP contribution is -2.12. The number of aliphatic hydroxyl groups excluding tert-OH is 1. The van der Waals surface area contributed by atoms with Crippen molar-refractivity contribution in [1.29, 1.82) is 0 Å². The molecular weight excluding hydrogens is 248 g/mol. The van der Waals surface area contributed by atoms with E-state index in [0.717, 1.165) is 19.1 Å². The third-order valence-electron chi connectivity index (χ3n) is 4.54. The minimum absolute atomic E-state index is 0.188. The molecule has 1 aliphatic carbocycles. The number of hydrogen-bond donors (Lipinski definition) is 1. The van der Waals surface area contributed by atoms with Crippen LogP contribution >= 0.6 is 0 Å². The summed E-state index contributed by atoms with van der Waals surface area (Å²) in [6.07, 6.45) is 16.7. The third-order valence-corrected chi connectivity index (χ3v) is 4.54. The SMILES string of the molecule is CC1CCC(C=O)C=C1CCCCCCCCCCO. The Balaban J connectivity index is 2.03. The van der Waals surface area contributed by atoms with E-state index in [0.29, 0.717) is 12.5 Å². The Morgan fingerprint density at radius 1 is 1.05 bits per heavy atom. The summed E-state index contributed by atoms with van der Waals surface area (Å²) in [5.74, 6) is 0.873. The van der Waals surface area contributed by atoms with Crippen LogP contribution in [0.15, 0.2) is 11.6 Å². The number of allylic oxidation sites excluding steroid dienone is 2. The van der Waals surface area contributed by atoms with Crippen molar-refractivity contribution in [3.05, 3.63) is 11.6 Å². The van der Waals surface area contributed by atoms with Crippen LogP contribution in [-0.2, 0) is 4.79 Å². The zero-order valence-corrected chi connectivity index (χ0v) is 13.2. The number of aldehydes is 1. The van der Waals surface area contributed by atoms with Crippen molar-refractivity contribution in [2.24, 2.45) is 11.8 Å². The van der Waals surface area contributed by atoms with Crippen LogP contribution in [0.1, 0.15) is 77.6 Å². The van der Waals surface area contributed by atoms with Gasteiger partial charge in [0.25, 0.3) is 0 Å². The average molecular weight is 280 g/mol. The lowest BCUT2D eigenvalue weighted by atomic mass is 9.82. The van der Waals surface area contributed by atoms with E-state index >= 15 is 0 Å². The molecule has 0 radical (unpaired) electrons. The van der Waals surface area contributed by atoms with Gasteiger partial charge in [0.05, 0.1) is 0 Å². The van der Waals surface area contributed by atoms with Crippen molar-refractivity contribution in [3.8, 4) is 0 Å². The molecule has 20 heavy (non-hydrogen) atoms. The van der Waals surface area contributed by atoms with Gasteiger partial charge >= 0.3 is 0 Å². The van der Waals surface area contributed by atoms with E-state index in [-0.39, 0.29) is 5.92 Å². The summed E-state index contributed by atoms with van der Waals surface area (Å²) in [6, 6.07) is 0. The zero-order chi connectivity index (χ0) is 14.6. The highest BCUT2D eigenvalue weighted by molar-refractivity contribution is 5.57. The lowest BCUT2D eigenvalue weighted by molar-refractivity contribution is -0.110. The first kappa shape index (κ1) is 17.4. The Hall–Kier alpha value is -0.630. The molecule has 0 fully saturated rings. The van der Waals surface area contributed by atoms with Crippen molar-refractivity contribution < 1.29 is 9.90 Å². The molecule has 2 atom stereocenters. The number of carbonyl (C=O) groups is 1. The number of aliphatic hydroxyl groups is 1. The molecule has 1 N–H and O–H groups in total. The molecule has 2 unspecified atom stereocenters. The fourth-order valence-electron chi connectivity index (χ4n) is 3.09. The summed E-state index contributed by atoms with van der Waals surface area (Å²) in [7, 11) is 0. The molecule has 0 aromatic carbocycles. The fraction of sp³-hybridized carbons (Fsp3) is 0.833. The van der Waals surface area contributed by atoms with Gasteiger partial charge in [-0.05, 0) is 38.0 Å². The Labute approximate surface area is 124 Å². The van der Waals surface area contributed by atoms with Crippen molar-refractivity contribution in [2.75, 3.05) is 6.61 Å². The van der Waals surface area contributed by atoms with Crippen LogP contribution in [0.5, 0.6) is 0 Å². The normalized spacial score (nSPS) is 22.6. The van der Waals surface area contributed by atoms with E-state index in [1.807, 2.05) is 0 Å². The van der Waals surface area contributed by atoms with E-state index in [4.69, 9.17) is 5.11 Å². The third kappa shape index (κ3) is 7.23. The Morgan fingerprint density at radius 2 is 1.65 bits per heavy atom. The highest BCUT2D eigenvalue weighted by atomic mass is 16.2. The van der Waals surface area contributed by atoms with Gasteiger partial charge in [0, 0.05) is 12.5 Å². The highest BCUT2D eigenvalue weighted by Crippen LogP contribution is 2.30. The van der Waals surface area contributed by atoms with Gasteiger partial charge in [0.1, 0.15) is 6.29 Å². The molecule has 0 heterocycles. The molecule has 1 aliphatic rings. The van der Waals surface area contributed by atoms with Crippen LogP contribution in [0.4, 0.5) is 0 Å². The number of hydrogen-bond acceptors (Lipinski definition) is 2. The summed E-state index contributed by atoms with van der Waals surface area (Å²) >= 11 is 0. The van der Waals surface area contributed by atoms with Crippen molar-refractivity contribution in [2.45, 2.75) is 77.6 Å². The molecule has 0 saturated heterocycles. The van der Waals surface area contributed by atoms with E-state index < -0.39 is 0 Å². The lowest BCUT2D eigenvalue weighted by Gasteiger charge is -2.23. The maximum Gasteiger partial charge on any atom is 0.126 e. The first-order chi connectivity index (χ1) is 9.77. The van der Waals surface area contributed by atoms with E-state index in [1.165, 1.54) is 63.4 Å². The van der Waals surface area contributed by atoms with Gasteiger partial charge in [-0.3, -0.25) is 0 Å². The average Bonchev–Trinajstić information content (AvgIpc) is 2.47. The van der Waals surface area contributed by atoms with Gasteiger partial charge in [0.15, 0.2) is 0 Å². The van der Waals surface area contributed by atoms with Gasteiger partial charge in [-0.25, -0.2) is 0 Å². The van der Waals surface area contributed by atoms with Gasteiger partial charge in [-0.1, -0.05) is 57.1 Å². The largest absolute Gasteiger partial charge is 0.396 e. The van der Waals surface area contributed by atoms with Gasteiger partial charge in [-0.15, -0.1) is 0 Å². The van der Waals surface area contributed by atoms with Gasteiger partial charge < -0.3 is 9.90 Å². The van der Waals surface area contributed by atoms with E-state index in [9.17, 15) is 4.79 Å². The molecular formula is C18H32O2. The molecule has 0 bridgehead atoms. The molecule has 2 heteroatoms. The van der Waals surface area contributed by atoms with Gasteiger partial charge in [-0.2, -0.15) is 0 Å². The zero-order valence-electron chi connectivity index (χ0n) is 13.2. The van der Waals surface area contributed by atoms with Crippen molar-refractivity contribution >= 4 is 6.29 Å². The van der Waals surface area contributed by atoms with Crippen LogP contribution in [0.3, 0.4) is 0 Å². The van der Waals surface area contributed by atoms with Crippen LogP contribution in [0, 0.1) is 11.8 Å². The number of unbranched alkanes of at least 4 members (excludes halogenated alkanes) is 7. The Bertz CT molecular complexity index is 283. The first-order valence-corrected chi connectivity index (χ1v) is 8.54. The quantitative estimate of drug-likeness (QED) is 0.339. The van der Waals surface area contributed by atoms with Crippen molar-refractivity contribution in [1.82, 2.24) is 0 Å². The number of carbonyl (C=O) groups excluding carboxylic acids is 1. The molecule has 0 amide bonds. The molecule has 0 spiro atoms. The molecule has 0 aromatic heterocycles. The topological polar surface area (TPSA) is 37.3 Å². The summed E-state index contributed by atoms with van der Waals surface area (Å²) in [4.78, 5) is 10.9. The Morgan fingerprint density at radius 3 is 2.25 bits per heavy atom. The minimum atomic E-state index is 0.188. The summed E-state index contributed by atoms with van der Waals surface area (Å²) in [5, 5.41) is 8.69. The molecule has 116 valence electrons. The predicted octanol–water partition coefficient (Wildman–Crippen LogP) is 4.66. The molecule has 0 aliphatic heterocycles. The minimum Gasteiger partial charge on any atom is -0.396 e. The predicted molar refractivity (Wildman–Crippen MR) is 84.7 cm³/mol. The van der Waals surface area contributed by atoms with Crippen LogP contribution in [0.25, 0.3) is 0 Å². The standard InChI is InChI=1S/C18H32O2/c1-16-11-12-17(15-20)14-18(16)10-8-6-4-2-3-5-7-9-13-19/h14-17,19H,2-13H2,1H3. The Kier molecular flexibility index (Phi) is 9.65. The maximum absolute atomic E-state index is 10.9. The van der Waals surface area contributed by atoms with Gasteiger partial charge in [0.2, 0.25) is 0 Å². The highest BCUT2D eigenvalue weighted by Gasteiger charge is 2.18. The monoisotopic (exact) mass is 280 g/mol. The number of rotatable bonds is 11. The first-order valence-electron chi connectivity index (χ1n) is 8.54. The summed E-state index contributed by atoms with van der Waals surface area (Å²) in [6.45, 7) is 2.64. The second-order valence-electron chi connectivity index (χ2n) is 6.32. The van der Waals surface area contributed by atoms with E-state index in [1.54, 1.807) is 0 Å². The molecule has 0 aromatic rings. The summed E-state index contributed by atoms with van der Waals surface area (Å²) in [5.41, 5.74) is 1.52. The molecule has 2 nitrogen and oxygen atoms in total. The second kappa shape index (κ2) is 11.1. The van der Waals surface area contributed by atoms with Crippen LogP contribution in [0.2, 0.25) is 0 Å². The van der Waals surface area contributed by atoms with Crippen LogP contribution in [-0.4, -0.2) is 18.0 Å². The smallest absolute Gasteiger partial charge is 0.126 e. The fourth-order valence-corrected chi connectivity index (χ4v) is 3.09. The van der Waals surface area contributed by atoms with Crippen LogP contribution < -0.4 is 0 Å².